The quantitative estimate of drug-likeness (QED) is 0.136. The normalized spacial score (nSPS) is 13.0. The van der Waals surface area contributed by atoms with Crippen LogP contribution in [0.2, 0.25) is 0 Å². The Bertz CT molecular complexity index is 474. The van der Waals surface area contributed by atoms with Gasteiger partial charge in [0.05, 0.1) is 6.61 Å². The van der Waals surface area contributed by atoms with Crippen LogP contribution in [0, 0.1) is 0 Å². The van der Waals surface area contributed by atoms with Crippen molar-refractivity contribution in [2.45, 2.75) is 71.1 Å². The minimum Gasteiger partial charge on any atom is -0.752 e. The van der Waals surface area contributed by atoms with Crippen molar-refractivity contribution in [1.29, 1.82) is 0 Å². The van der Waals surface area contributed by atoms with Crippen molar-refractivity contribution in [3.8, 4) is 5.75 Å². The van der Waals surface area contributed by atoms with E-state index in [0.29, 0.717) is 0 Å². The van der Waals surface area contributed by atoms with Gasteiger partial charge in [-0.1, -0.05) is 82.9 Å². The van der Waals surface area contributed by atoms with E-state index < -0.39 is 7.82 Å². The Labute approximate surface area is 199 Å². The number of rotatable bonds is 16. The second kappa shape index (κ2) is 17.8. The van der Waals surface area contributed by atoms with Crippen LogP contribution in [0.25, 0.3) is 0 Å². The van der Waals surface area contributed by atoms with E-state index in [1.54, 1.807) is 30.3 Å². The van der Waals surface area contributed by atoms with E-state index >= 15 is 0 Å². The maximum atomic E-state index is 11.4. The molecule has 0 aliphatic rings. The molecule has 144 valence electrons. The van der Waals surface area contributed by atoms with Crippen LogP contribution in [-0.4, -0.2) is 6.61 Å². The van der Waals surface area contributed by atoms with Crippen LogP contribution in [0.5, 0.6) is 5.75 Å². The minimum absolute atomic E-state index is 0. The van der Waals surface area contributed by atoms with Crippen LogP contribution >= 0.6 is 7.82 Å². The maximum Gasteiger partial charge on any atom is 1.00 e. The molecule has 1 unspecified atom stereocenters. The monoisotopic (exact) mass is 412 g/mol. The molecule has 0 saturated carbocycles. The smallest absolute Gasteiger partial charge is 0.752 e. The first kappa shape index (κ1) is 26.7. The van der Waals surface area contributed by atoms with Gasteiger partial charge in [-0.25, -0.2) is 4.89 Å². The molecule has 0 aliphatic carbocycles. The standard InChI is InChI=1S/C18H31O6P.K/c1-2-3-4-5-6-7-8-9-10-14-17-21-23-25(19,20)24-22-18-15-12-11-13-16-18;/h11-13,15-16H,2-10,14,17H2,1H3,(H,19,20);/q;+1/p-1. The van der Waals surface area contributed by atoms with Gasteiger partial charge in [0, 0.05) is 0 Å². The molecule has 6 nitrogen and oxygen atoms in total. The third kappa shape index (κ3) is 15.8. The van der Waals surface area contributed by atoms with E-state index in [1.807, 2.05) is 0 Å². The predicted octanol–water partition coefficient (Wildman–Crippen LogP) is 2.34. The molecular formula is C18H30KO6P. The van der Waals surface area contributed by atoms with E-state index in [1.165, 1.54) is 44.9 Å². The largest absolute Gasteiger partial charge is 1.00 e. The molecule has 0 saturated heterocycles. The summed E-state index contributed by atoms with van der Waals surface area (Å²) in [5, 5.41) is 0. The Morgan fingerprint density at radius 1 is 0.846 bits per heavy atom. The van der Waals surface area contributed by atoms with Crippen molar-refractivity contribution in [2.24, 2.45) is 0 Å². The number of benzene rings is 1. The van der Waals surface area contributed by atoms with Gasteiger partial charge in [-0.2, -0.15) is 4.67 Å². The summed E-state index contributed by atoms with van der Waals surface area (Å²) in [6.45, 7) is 2.43. The summed E-state index contributed by atoms with van der Waals surface area (Å²) in [5.41, 5.74) is 0. The van der Waals surface area contributed by atoms with Crippen LogP contribution in [0.15, 0.2) is 30.3 Å². The molecule has 0 bridgehead atoms. The van der Waals surface area contributed by atoms with Crippen LogP contribution in [0.4, 0.5) is 0 Å². The Morgan fingerprint density at radius 2 is 1.38 bits per heavy atom. The summed E-state index contributed by atoms with van der Waals surface area (Å²) < 4.78 is 20.0. The number of phosphoric acid groups is 1. The van der Waals surface area contributed by atoms with Gasteiger partial charge < -0.3 is 9.78 Å². The van der Waals surface area contributed by atoms with Crippen molar-refractivity contribution in [1.82, 2.24) is 0 Å². The summed E-state index contributed by atoms with van der Waals surface area (Å²) in [6, 6.07) is 8.28. The van der Waals surface area contributed by atoms with Crippen molar-refractivity contribution in [2.75, 3.05) is 6.61 Å². The van der Waals surface area contributed by atoms with Gasteiger partial charge in [-0.15, -0.1) is 4.67 Å². The molecule has 1 aromatic carbocycles. The van der Waals surface area contributed by atoms with Crippen molar-refractivity contribution >= 4 is 7.82 Å². The van der Waals surface area contributed by atoms with Crippen LogP contribution in [0.3, 0.4) is 0 Å². The molecule has 8 heteroatoms. The minimum atomic E-state index is -4.63. The van der Waals surface area contributed by atoms with Gasteiger partial charge in [0.15, 0.2) is 5.75 Å². The third-order valence-electron chi connectivity index (χ3n) is 3.69. The molecule has 0 N–H and O–H groups in total. The van der Waals surface area contributed by atoms with Crippen molar-refractivity contribution in [3.05, 3.63) is 30.3 Å². The van der Waals surface area contributed by atoms with E-state index in [2.05, 4.69) is 26.0 Å². The first-order valence-corrected chi connectivity index (χ1v) is 10.6. The molecule has 1 rings (SSSR count). The van der Waals surface area contributed by atoms with E-state index in [0.717, 1.165) is 19.3 Å². The summed E-state index contributed by atoms with van der Waals surface area (Å²) >= 11 is 0. The van der Waals surface area contributed by atoms with Gasteiger partial charge in [0.1, 0.15) is 0 Å². The summed E-state index contributed by atoms with van der Waals surface area (Å²) in [6.07, 6.45) is 11.9. The summed E-state index contributed by atoms with van der Waals surface area (Å²) in [4.78, 5) is 20.7. The number of hydrogen-bond donors (Lipinski definition) is 0. The number of unbranched alkanes of at least 4 members (excludes halogenated alkanes) is 9. The average Bonchev–Trinajstić information content (AvgIpc) is 2.62. The molecule has 0 aromatic heterocycles. The molecule has 0 fully saturated rings. The second-order valence-electron chi connectivity index (χ2n) is 6.00. The van der Waals surface area contributed by atoms with Crippen LogP contribution < -0.4 is 61.2 Å². The molecule has 26 heavy (non-hydrogen) atoms. The zero-order valence-corrected chi connectivity index (χ0v) is 20.1. The fourth-order valence-electron chi connectivity index (χ4n) is 2.33. The zero-order chi connectivity index (χ0) is 18.2. The molecule has 0 aliphatic heterocycles. The van der Waals surface area contributed by atoms with Crippen LogP contribution in [0.1, 0.15) is 71.1 Å². The Kier molecular flexibility index (Phi) is 18.3. The molecule has 1 aromatic rings. The van der Waals surface area contributed by atoms with Gasteiger partial charge in [-0.3, -0.25) is 4.57 Å². The fraction of sp³-hybridized carbons (Fsp3) is 0.667. The summed E-state index contributed by atoms with van der Waals surface area (Å²) in [5.74, 6) is 0.261. The van der Waals surface area contributed by atoms with Gasteiger partial charge >= 0.3 is 59.2 Å². The van der Waals surface area contributed by atoms with E-state index in [-0.39, 0.29) is 63.7 Å². The van der Waals surface area contributed by atoms with E-state index in [9.17, 15) is 9.46 Å². The van der Waals surface area contributed by atoms with Crippen LogP contribution in [-0.2, 0) is 18.8 Å². The van der Waals surface area contributed by atoms with Gasteiger partial charge in [0.25, 0.3) is 0 Å². The molecule has 1 atom stereocenters. The maximum absolute atomic E-state index is 11.4. The Hall–Kier alpha value is 0.726. The van der Waals surface area contributed by atoms with E-state index in [4.69, 9.17) is 0 Å². The molecular weight excluding hydrogens is 382 g/mol. The fourth-order valence-corrected chi connectivity index (χ4v) is 2.73. The Morgan fingerprint density at radius 3 is 1.96 bits per heavy atom. The molecule has 0 radical (unpaired) electrons. The molecule has 0 heterocycles. The SMILES string of the molecule is CCCCCCCCCCCCOOP(=O)([O-])OOc1ccccc1.[K+]. The molecule has 0 spiro atoms. The zero-order valence-electron chi connectivity index (χ0n) is 16.1. The van der Waals surface area contributed by atoms with Crippen molar-refractivity contribution in [3.63, 3.8) is 0 Å². The molecule has 0 amide bonds. The Balaban J connectivity index is 0.00000625. The second-order valence-corrected chi connectivity index (χ2v) is 7.19. The number of para-hydroxylation sites is 1. The predicted molar refractivity (Wildman–Crippen MR) is 94.6 cm³/mol. The van der Waals surface area contributed by atoms with Crippen molar-refractivity contribution < 1.29 is 80.0 Å². The first-order chi connectivity index (χ1) is 12.1. The topological polar surface area (TPSA) is 77.1 Å². The van der Waals surface area contributed by atoms with Gasteiger partial charge in [-0.05, 0) is 18.6 Å². The van der Waals surface area contributed by atoms with Gasteiger partial charge in [0.2, 0.25) is 0 Å². The number of hydrogen-bond acceptors (Lipinski definition) is 6. The summed E-state index contributed by atoms with van der Waals surface area (Å²) in [7, 11) is -4.63. The first-order valence-electron chi connectivity index (χ1n) is 9.17. The average molecular weight is 413 g/mol. The third-order valence-corrected chi connectivity index (χ3v) is 4.24.